The standard InChI is InChI=1S/C22H28F4O/c1-3-22(25,26)27-21-19(23)12-18(13-20(21)24)17-10-8-16(9-11-17)15-6-4-14(2)5-7-15/h3,12-17H,1,4-11H2,2H3. The Hall–Kier alpha value is -1.52. The van der Waals surface area contributed by atoms with Crippen molar-refractivity contribution < 1.29 is 22.3 Å². The quantitative estimate of drug-likeness (QED) is 0.384. The first-order valence-electron chi connectivity index (χ1n) is 9.98. The minimum absolute atomic E-state index is 0.0710. The van der Waals surface area contributed by atoms with Gasteiger partial charge in [-0.1, -0.05) is 26.3 Å². The number of ether oxygens (including phenoxy) is 1. The van der Waals surface area contributed by atoms with Crippen LogP contribution in [0, 0.1) is 29.4 Å². The van der Waals surface area contributed by atoms with Crippen molar-refractivity contribution in [1.82, 2.24) is 0 Å². The van der Waals surface area contributed by atoms with Gasteiger partial charge in [0, 0.05) is 6.08 Å². The largest absolute Gasteiger partial charge is 0.423 e. The second-order valence-electron chi connectivity index (χ2n) is 8.31. The van der Waals surface area contributed by atoms with Crippen molar-refractivity contribution in [2.45, 2.75) is 70.3 Å². The lowest BCUT2D eigenvalue weighted by Crippen LogP contribution is -2.25. The van der Waals surface area contributed by atoms with Crippen LogP contribution in [-0.2, 0) is 0 Å². The smallest absolute Gasteiger partial charge is 0.419 e. The Labute approximate surface area is 158 Å². The summed E-state index contributed by atoms with van der Waals surface area (Å²) in [5.74, 6) is -0.831. The third-order valence-electron chi connectivity index (χ3n) is 6.47. The molecule has 3 rings (SSSR count). The maximum atomic E-state index is 14.2. The summed E-state index contributed by atoms with van der Waals surface area (Å²) in [4.78, 5) is 0. The van der Waals surface area contributed by atoms with Gasteiger partial charge in [0.15, 0.2) is 17.4 Å². The highest BCUT2D eigenvalue weighted by molar-refractivity contribution is 5.34. The molecule has 0 saturated heterocycles. The summed E-state index contributed by atoms with van der Waals surface area (Å²) in [5.41, 5.74) is 0.537. The van der Waals surface area contributed by atoms with Gasteiger partial charge in [-0.05, 0) is 79.9 Å². The van der Waals surface area contributed by atoms with Crippen LogP contribution in [0.2, 0.25) is 0 Å². The molecule has 0 N–H and O–H groups in total. The number of hydrogen-bond donors (Lipinski definition) is 0. The molecule has 150 valence electrons. The second-order valence-corrected chi connectivity index (χ2v) is 8.31. The van der Waals surface area contributed by atoms with Crippen LogP contribution in [-0.4, -0.2) is 6.11 Å². The number of alkyl halides is 2. The van der Waals surface area contributed by atoms with Crippen molar-refractivity contribution in [3.63, 3.8) is 0 Å². The molecule has 1 aromatic rings. The first-order valence-corrected chi connectivity index (χ1v) is 9.98. The van der Waals surface area contributed by atoms with E-state index in [0.29, 0.717) is 11.5 Å². The highest BCUT2D eigenvalue weighted by atomic mass is 19.3. The number of hydrogen-bond acceptors (Lipinski definition) is 1. The van der Waals surface area contributed by atoms with Gasteiger partial charge in [-0.25, -0.2) is 8.78 Å². The molecule has 0 atom stereocenters. The topological polar surface area (TPSA) is 9.23 Å². The second kappa shape index (κ2) is 8.24. The van der Waals surface area contributed by atoms with Gasteiger partial charge in [-0.2, -0.15) is 8.78 Å². The summed E-state index contributed by atoms with van der Waals surface area (Å²) in [6.07, 6.45) is 5.52. The Bertz CT molecular complexity index is 633. The van der Waals surface area contributed by atoms with Crippen LogP contribution in [0.3, 0.4) is 0 Å². The lowest BCUT2D eigenvalue weighted by molar-refractivity contribution is -0.134. The molecule has 0 spiro atoms. The average molecular weight is 384 g/mol. The van der Waals surface area contributed by atoms with Crippen molar-refractivity contribution in [1.29, 1.82) is 0 Å². The molecule has 0 aromatic heterocycles. The van der Waals surface area contributed by atoms with E-state index in [9.17, 15) is 17.6 Å². The molecule has 2 aliphatic carbocycles. The monoisotopic (exact) mass is 384 g/mol. The number of benzene rings is 1. The first kappa shape index (κ1) is 20.2. The minimum atomic E-state index is -3.81. The fourth-order valence-electron chi connectivity index (χ4n) is 4.77. The molecule has 0 radical (unpaired) electrons. The van der Waals surface area contributed by atoms with Crippen molar-refractivity contribution in [2.75, 3.05) is 0 Å². The molecule has 27 heavy (non-hydrogen) atoms. The van der Waals surface area contributed by atoms with E-state index < -0.39 is 23.5 Å². The van der Waals surface area contributed by atoms with Crippen LogP contribution in [0.1, 0.15) is 69.8 Å². The molecule has 2 saturated carbocycles. The molecule has 0 bridgehead atoms. The van der Waals surface area contributed by atoms with Gasteiger partial charge in [0.25, 0.3) is 0 Å². The Morgan fingerprint density at radius 2 is 1.41 bits per heavy atom. The first-order chi connectivity index (χ1) is 12.8. The van der Waals surface area contributed by atoms with Crippen LogP contribution < -0.4 is 4.74 Å². The molecule has 0 aliphatic heterocycles. The van der Waals surface area contributed by atoms with E-state index in [1.807, 2.05) is 0 Å². The lowest BCUT2D eigenvalue weighted by Gasteiger charge is -2.37. The maximum Gasteiger partial charge on any atom is 0.419 e. The summed E-state index contributed by atoms with van der Waals surface area (Å²) in [7, 11) is 0. The normalized spacial score (nSPS) is 29.4. The lowest BCUT2D eigenvalue weighted by atomic mass is 9.68. The Balaban J connectivity index is 1.63. The van der Waals surface area contributed by atoms with Gasteiger partial charge in [-0.15, -0.1) is 0 Å². The van der Waals surface area contributed by atoms with E-state index in [4.69, 9.17) is 0 Å². The third kappa shape index (κ3) is 4.85. The summed E-state index contributed by atoms with van der Waals surface area (Å²) >= 11 is 0. The fourth-order valence-corrected chi connectivity index (χ4v) is 4.77. The summed E-state index contributed by atoms with van der Waals surface area (Å²) in [5, 5.41) is 0. The SMILES string of the molecule is C=CC(F)(F)Oc1c(F)cc(C2CCC(C3CCC(C)CC3)CC2)cc1F. The fraction of sp³-hybridized carbons (Fsp3) is 0.636. The molecule has 0 heterocycles. The van der Waals surface area contributed by atoms with Gasteiger partial charge in [0.05, 0.1) is 0 Å². The van der Waals surface area contributed by atoms with Gasteiger partial charge >= 0.3 is 6.11 Å². The van der Waals surface area contributed by atoms with Crippen LogP contribution in [0.15, 0.2) is 24.8 Å². The average Bonchev–Trinajstić information content (AvgIpc) is 2.65. The molecular weight excluding hydrogens is 356 g/mol. The van der Waals surface area contributed by atoms with Crippen LogP contribution in [0.5, 0.6) is 5.75 Å². The van der Waals surface area contributed by atoms with Gasteiger partial charge in [-0.3, -0.25) is 0 Å². The Kier molecular flexibility index (Phi) is 6.17. The van der Waals surface area contributed by atoms with E-state index >= 15 is 0 Å². The third-order valence-corrected chi connectivity index (χ3v) is 6.47. The van der Waals surface area contributed by atoms with E-state index in [0.717, 1.165) is 49.7 Å². The molecule has 2 fully saturated rings. The van der Waals surface area contributed by atoms with Gasteiger partial charge in [0.2, 0.25) is 0 Å². The highest BCUT2D eigenvalue weighted by Gasteiger charge is 2.33. The molecule has 0 unspecified atom stereocenters. The predicted octanol–water partition coefficient (Wildman–Crippen LogP) is 7.22. The summed E-state index contributed by atoms with van der Waals surface area (Å²) in [6.45, 7) is 5.22. The van der Waals surface area contributed by atoms with Crippen molar-refractivity contribution in [3.8, 4) is 5.75 Å². The van der Waals surface area contributed by atoms with E-state index in [-0.39, 0.29) is 12.0 Å². The van der Waals surface area contributed by atoms with Crippen LogP contribution in [0.4, 0.5) is 17.6 Å². The minimum Gasteiger partial charge on any atom is -0.423 e. The summed E-state index contributed by atoms with van der Waals surface area (Å²) in [6, 6.07) is 2.29. The van der Waals surface area contributed by atoms with Gasteiger partial charge < -0.3 is 4.74 Å². The van der Waals surface area contributed by atoms with E-state index in [1.165, 1.54) is 25.7 Å². The number of rotatable bonds is 5. The van der Waals surface area contributed by atoms with Gasteiger partial charge in [0.1, 0.15) is 0 Å². The molecular formula is C22H28F4O. The van der Waals surface area contributed by atoms with Crippen molar-refractivity contribution in [2.24, 2.45) is 17.8 Å². The van der Waals surface area contributed by atoms with Crippen molar-refractivity contribution in [3.05, 3.63) is 42.0 Å². The molecule has 5 heteroatoms. The zero-order valence-electron chi connectivity index (χ0n) is 15.8. The molecule has 1 aromatic carbocycles. The Morgan fingerprint density at radius 3 is 1.89 bits per heavy atom. The molecule has 2 aliphatic rings. The molecule has 0 amide bonds. The van der Waals surface area contributed by atoms with E-state index in [1.54, 1.807) is 0 Å². The number of halogens is 4. The molecule has 1 nitrogen and oxygen atoms in total. The zero-order chi connectivity index (χ0) is 19.6. The Morgan fingerprint density at radius 1 is 0.926 bits per heavy atom. The maximum absolute atomic E-state index is 14.2. The zero-order valence-corrected chi connectivity index (χ0v) is 15.8. The van der Waals surface area contributed by atoms with Crippen LogP contribution >= 0.6 is 0 Å². The van der Waals surface area contributed by atoms with Crippen LogP contribution in [0.25, 0.3) is 0 Å². The predicted molar refractivity (Wildman–Crippen MR) is 98.0 cm³/mol. The van der Waals surface area contributed by atoms with E-state index in [2.05, 4.69) is 18.2 Å². The van der Waals surface area contributed by atoms with Crippen molar-refractivity contribution >= 4 is 0 Å². The summed E-state index contributed by atoms with van der Waals surface area (Å²) < 4.78 is 59.0. The highest BCUT2D eigenvalue weighted by Crippen LogP contribution is 2.44.